The summed E-state index contributed by atoms with van der Waals surface area (Å²) < 4.78 is 4.67. The third kappa shape index (κ3) is 3.48. The molecule has 0 aliphatic heterocycles. The molecular formula is C14H17ClN2O3. The molecule has 1 amide bonds. The Morgan fingerprint density at radius 1 is 1.40 bits per heavy atom. The largest absolute Gasteiger partial charge is 0.468 e. The minimum atomic E-state index is -0.417. The van der Waals surface area contributed by atoms with Crippen LogP contribution in [0.25, 0.3) is 0 Å². The van der Waals surface area contributed by atoms with Gasteiger partial charge in [-0.1, -0.05) is 24.4 Å². The summed E-state index contributed by atoms with van der Waals surface area (Å²) in [6, 6.07) is 3.27. The van der Waals surface area contributed by atoms with Gasteiger partial charge in [0.15, 0.2) is 0 Å². The molecule has 0 spiro atoms. The molecule has 1 fully saturated rings. The summed E-state index contributed by atoms with van der Waals surface area (Å²) in [5.74, 6) is -0.668. The lowest BCUT2D eigenvalue weighted by molar-refractivity contribution is -0.141. The van der Waals surface area contributed by atoms with E-state index in [0.29, 0.717) is 10.7 Å². The van der Waals surface area contributed by atoms with Gasteiger partial charge in [-0.3, -0.25) is 9.59 Å². The SMILES string of the molecule is COC(=O)CN(C(=O)c1ccc(Cl)cn1)C1CCCC1. The lowest BCUT2D eigenvalue weighted by Gasteiger charge is -2.27. The molecule has 0 bridgehead atoms. The molecule has 1 heterocycles. The molecule has 2 rings (SSSR count). The van der Waals surface area contributed by atoms with Crippen LogP contribution in [0, 0.1) is 0 Å². The number of ether oxygens (including phenoxy) is 1. The summed E-state index contributed by atoms with van der Waals surface area (Å²) in [6.07, 6.45) is 5.40. The molecule has 0 saturated heterocycles. The van der Waals surface area contributed by atoms with E-state index in [2.05, 4.69) is 9.72 Å². The van der Waals surface area contributed by atoms with E-state index in [1.807, 2.05) is 0 Å². The van der Waals surface area contributed by atoms with Crippen molar-refractivity contribution in [3.05, 3.63) is 29.0 Å². The van der Waals surface area contributed by atoms with Gasteiger partial charge in [0.05, 0.1) is 12.1 Å². The molecule has 1 saturated carbocycles. The molecule has 1 aromatic rings. The van der Waals surface area contributed by atoms with Crippen molar-refractivity contribution in [1.82, 2.24) is 9.88 Å². The monoisotopic (exact) mass is 296 g/mol. The molecule has 6 heteroatoms. The maximum absolute atomic E-state index is 12.5. The van der Waals surface area contributed by atoms with Crippen LogP contribution in [0.2, 0.25) is 5.02 Å². The van der Waals surface area contributed by atoms with Crippen LogP contribution in [0.4, 0.5) is 0 Å². The number of methoxy groups -OCH3 is 1. The van der Waals surface area contributed by atoms with Gasteiger partial charge in [0.1, 0.15) is 12.2 Å². The van der Waals surface area contributed by atoms with Gasteiger partial charge < -0.3 is 9.64 Å². The van der Waals surface area contributed by atoms with Crippen molar-refractivity contribution in [2.45, 2.75) is 31.7 Å². The molecule has 0 radical (unpaired) electrons. The minimum absolute atomic E-state index is 0.0374. The van der Waals surface area contributed by atoms with E-state index in [1.54, 1.807) is 17.0 Å². The van der Waals surface area contributed by atoms with Crippen LogP contribution < -0.4 is 0 Å². The van der Waals surface area contributed by atoms with Crippen molar-refractivity contribution in [3.63, 3.8) is 0 Å². The highest BCUT2D eigenvalue weighted by Crippen LogP contribution is 2.24. The zero-order valence-corrected chi connectivity index (χ0v) is 12.1. The number of nitrogens with zero attached hydrogens (tertiary/aromatic N) is 2. The smallest absolute Gasteiger partial charge is 0.325 e. The summed E-state index contributed by atoms with van der Waals surface area (Å²) in [6.45, 7) is -0.0374. The van der Waals surface area contributed by atoms with Crippen molar-refractivity contribution in [2.75, 3.05) is 13.7 Å². The summed E-state index contributed by atoms with van der Waals surface area (Å²) in [5.41, 5.74) is 0.296. The first-order valence-corrected chi connectivity index (χ1v) is 6.99. The number of hydrogen-bond donors (Lipinski definition) is 0. The van der Waals surface area contributed by atoms with Crippen molar-refractivity contribution < 1.29 is 14.3 Å². The zero-order chi connectivity index (χ0) is 14.5. The van der Waals surface area contributed by atoms with Gasteiger partial charge in [-0.05, 0) is 25.0 Å². The van der Waals surface area contributed by atoms with E-state index >= 15 is 0 Å². The Bertz CT molecular complexity index is 484. The maximum Gasteiger partial charge on any atom is 0.325 e. The fourth-order valence-corrected chi connectivity index (χ4v) is 2.55. The molecule has 20 heavy (non-hydrogen) atoms. The van der Waals surface area contributed by atoms with E-state index in [1.165, 1.54) is 13.3 Å². The van der Waals surface area contributed by atoms with Crippen LogP contribution >= 0.6 is 11.6 Å². The van der Waals surface area contributed by atoms with Crippen LogP contribution in [0.1, 0.15) is 36.2 Å². The molecule has 1 aliphatic carbocycles. The Hall–Kier alpha value is -1.62. The van der Waals surface area contributed by atoms with Crippen LogP contribution in [-0.2, 0) is 9.53 Å². The number of aromatic nitrogens is 1. The van der Waals surface area contributed by atoms with Gasteiger partial charge >= 0.3 is 5.97 Å². The van der Waals surface area contributed by atoms with Gasteiger partial charge in [-0.2, -0.15) is 0 Å². The highest BCUT2D eigenvalue weighted by molar-refractivity contribution is 6.30. The fraction of sp³-hybridized carbons (Fsp3) is 0.500. The predicted molar refractivity (Wildman–Crippen MR) is 74.6 cm³/mol. The van der Waals surface area contributed by atoms with Crippen molar-refractivity contribution in [1.29, 1.82) is 0 Å². The number of esters is 1. The quantitative estimate of drug-likeness (QED) is 0.800. The number of amides is 1. The molecule has 108 valence electrons. The predicted octanol–water partition coefficient (Wildman–Crippen LogP) is 2.29. The van der Waals surface area contributed by atoms with Gasteiger partial charge in [0, 0.05) is 12.2 Å². The van der Waals surface area contributed by atoms with Crippen LogP contribution in [0.15, 0.2) is 18.3 Å². The first kappa shape index (κ1) is 14.8. The molecule has 1 aromatic heterocycles. The van der Waals surface area contributed by atoms with Crippen LogP contribution in [-0.4, -0.2) is 41.5 Å². The maximum atomic E-state index is 12.5. The Morgan fingerprint density at radius 3 is 2.65 bits per heavy atom. The summed E-state index contributed by atoms with van der Waals surface area (Å²) in [7, 11) is 1.32. The second kappa shape index (κ2) is 6.70. The van der Waals surface area contributed by atoms with E-state index < -0.39 is 5.97 Å². The lowest BCUT2D eigenvalue weighted by atomic mass is 10.2. The third-order valence-electron chi connectivity index (χ3n) is 3.50. The second-order valence-corrected chi connectivity index (χ2v) is 5.25. The number of hydrogen-bond acceptors (Lipinski definition) is 4. The highest BCUT2D eigenvalue weighted by atomic mass is 35.5. The van der Waals surface area contributed by atoms with Gasteiger partial charge in [0.25, 0.3) is 5.91 Å². The van der Waals surface area contributed by atoms with Gasteiger partial charge in [-0.25, -0.2) is 4.98 Å². The Labute approximate surface area is 122 Å². The van der Waals surface area contributed by atoms with Crippen LogP contribution in [0.3, 0.4) is 0 Å². The standard InChI is InChI=1S/C14H17ClN2O3/c1-20-13(18)9-17(11-4-2-3-5-11)14(19)12-7-6-10(15)8-16-12/h6-8,11H,2-5,9H2,1H3. The average molecular weight is 297 g/mol. The number of halogens is 1. The zero-order valence-electron chi connectivity index (χ0n) is 11.3. The van der Waals surface area contributed by atoms with Gasteiger partial charge in [-0.15, -0.1) is 0 Å². The summed E-state index contributed by atoms with van der Waals surface area (Å²) in [5, 5.41) is 0.474. The van der Waals surface area contributed by atoms with Crippen molar-refractivity contribution in [2.24, 2.45) is 0 Å². The lowest BCUT2D eigenvalue weighted by Crippen LogP contribution is -2.42. The number of carbonyl (C=O) groups is 2. The number of carbonyl (C=O) groups excluding carboxylic acids is 2. The molecule has 5 nitrogen and oxygen atoms in total. The molecule has 0 atom stereocenters. The third-order valence-corrected chi connectivity index (χ3v) is 3.72. The highest BCUT2D eigenvalue weighted by Gasteiger charge is 2.29. The summed E-state index contributed by atoms with van der Waals surface area (Å²) >= 11 is 5.77. The van der Waals surface area contributed by atoms with E-state index in [4.69, 9.17) is 11.6 Å². The Kier molecular flexibility index (Phi) is 4.95. The Morgan fingerprint density at radius 2 is 2.10 bits per heavy atom. The average Bonchev–Trinajstić information content (AvgIpc) is 2.98. The number of pyridine rings is 1. The molecule has 1 aliphatic rings. The molecular weight excluding hydrogens is 280 g/mol. The van der Waals surface area contributed by atoms with E-state index in [-0.39, 0.29) is 18.5 Å². The summed E-state index contributed by atoms with van der Waals surface area (Å²) in [4.78, 5) is 29.6. The fourth-order valence-electron chi connectivity index (χ4n) is 2.44. The van der Waals surface area contributed by atoms with E-state index in [0.717, 1.165) is 25.7 Å². The molecule has 0 aromatic carbocycles. The van der Waals surface area contributed by atoms with Gasteiger partial charge in [0.2, 0.25) is 0 Å². The first-order chi connectivity index (χ1) is 9.61. The normalized spacial score (nSPS) is 15.1. The van der Waals surface area contributed by atoms with Crippen LogP contribution in [0.5, 0.6) is 0 Å². The second-order valence-electron chi connectivity index (χ2n) is 4.81. The molecule has 0 N–H and O–H groups in total. The van der Waals surface area contributed by atoms with Crippen molar-refractivity contribution in [3.8, 4) is 0 Å². The topological polar surface area (TPSA) is 59.5 Å². The number of rotatable bonds is 4. The van der Waals surface area contributed by atoms with Crippen molar-refractivity contribution >= 4 is 23.5 Å². The molecule has 0 unspecified atom stereocenters. The minimum Gasteiger partial charge on any atom is -0.468 e. The Balaban J connectivity index is 2.18. The van der Waals surface area contributed by atoms with E-state index in [9.17, 15) is 9.59 Å². The first-order valence-electron chi connectivity index (χ1n) is 6.61.